The number of aromatic nitrogens is 2. The van der Waals surface area contributed by atoms with Crippen molar-refractivity contribution >= 4 is 41.1 Å². The molecular formula is C22H23ClN6O3. The smallest absolute Gasteiger partial charge is 0.404 e. The average Bonchev–Trinajstić information content (AvgIpc) is 3.30. The zero-order chi connectivity index (χ0) is 22.2. The van der Waals surface area contributed by atoms with Crippen LogP contribution in [-0.2, 0) is 22.5 Å². The molecule has 5 N–H and O–H groups in total. The molecule has 1 aromatic carbocycles. The first kappa shape index (κ1) is 20.6. The number of amides is 2. The largest absolute Gasteiger partial charge is 0.444 e. The predicted molar refractivity (Wildman–Crippen MR) is 120 cm³/mol. The number of rotatable bonds is 5. The molecule has 10 heteroatoms. The Kier molecular flexibility index (Phi) is 5.34. The minimum atomic E-state index is -0.793. The van der Waals surface area contributed by atoms with Crippen LogP contribution in [0.1, 0.15) is 24.0 Å². The summed E-state index contributed by atoms with van der Waals surface area (Å²) in [6.45, 7) is 0.497. The first-order chi connectivity index (χ1) is 15.5. The summed E-state index contributed by atoms with van der Waals surface area (Å²) < 4.78 is 5.36. The Labute approximate surface area is 189 Å². The monoisotopic (exact) mass is 454 g/mol. The number of nitrogens with two attached hydrogens (primary N) is 1. The van der Waals surface area contributed by atoms with Gasteiger partial charge in [0.25, 0.3) is 0 Å². The highest BCUT2D eigenvalue weighted by Gasteiger charge is 2.47. The Bertz CT molecular complexity index is 1110. The molecular weight excluding hydrogens is 432 g/mol. The lowest BCUT2D eigenvalue weighted by molar-refractivity contribution is -0.121. The van der Waals surface area contributed by atoms with Gasteiger partial charge in [0, 0.05) is 30.5 Å². The predicted octanol–water partition coefficient (Wildman–Crippen LogP) is 2.89. The molecule has 9 nitrogen and oxygen atoms in total. The van der Waals surface area contributed by atoms with Crippen LogP contribution in [0.25, 0.3) is 0 Å². The highest BCUT2D eigenvalue weighted by molar-refractivity contribution is 6.32. The van der Waals surface area contributed by atoms with Crippen molar-refractivity contribution in [2.75, 3.05) is 10.6 Å². The van der Waals surface area contributed by atoms with Gasteiger partial charge in [0.2, 0.25) is 11.9 Å². The van der Waals surface area contributed by atoms with Crippen molar-refractivity contribution in [2.24, 2.45) is 17.6 Å². The molecule has 5 rings (SSSR count). The molecule has 32 heavy (non-hydrogen) atoms. The van der Waals surface area contributed by atoms with E-state index in [-0.39, 0.29) is 29.9 Å². The number of benzene rings is 1. The van der Waals surface area contributed by atoms with Gasteiger partial charge < -0.3 is 26.4 Å². The summed E-state index contributed by atoms with van der Waals surface area (Å²) in [6.07, 6.45) is 6.64. The molecule has 2 heterocycles. The molecule has 0 radical (unpaired) electrons. The van der Waals surface area contributed by atoms with Gasteiger partial charge in [-0.15, -0.1) is 0 Å². The Hall–Kier alpha value is -3.33. The van der Waals surface area contributed by atoms with Gasteiger partial charge in [-0.2, -0.15) is 4.98 Å². The molecule has 3 aliphatic rings. The van der Waals surface area contributed by atoms with Crippen LogP contribution in [-0.4, -0.2) is 34.1 Å². The molecule has 0 unspecified atom stereocenters. The topological polar surface area (TPSA) is 131 Å². The van der Waals surface area contributed by atoms with Gasteiger partial charge in [-0.3, -0.25) is 4.79 Å². The SMILES string of the molecule is NC(=O)O[C@H]1[C@@H](Nc2nc(Nc3ccc4c(c3)CNC(=O)CC4)ncc2Cl)[C@@H]2C=C[C@H]1C2. The fourth-order valence-electron chi connectivity index (χ4n) is 4.72. The molecule has 2 bridgehead atoms. The summed E-state index contributed by atoms with van der Waals surface area (Å²) in [5, 5.41) is 9.80. The average molecular weight is 455 g/mol. The number of anilines is 3. The lowest BCUT2D eigenvalue weighted by atomic mass is 9.98. The van der Waals surface area contributed by atoms with E-state index in [4.69, 9.17) is 22.1 Å². The fourth-order valence-corrected chi connectivity index (χ4v) is 4.86. The van der Waals surface area contributed by atoms with Crippen LogP contribution in [0.5, 0.6) is 0 Å². The molecule has 1 aromatic heterocycles. The minimum absolute atomic E-state index is 0.0570. The van der Waals surface area contributed by atoms with Crippen molar-refractivity contribution in [3.8, 4) is 0 Å². The maximum absolute atomic E-state index is 11.7. The number of fused-ring (bicyclic) bond motifs is 3. The van der Waals surface area contributed by atoms with E-state index in [2.05, 4.69) is 38.1 Å². The first-order valence-electron chi connectivity index (χ1n) is 10.6. The number of primary amides is 1. The molecule has 1 aliphatic heterocycles. The van der Waals surface area contributed by atoms with Crippen molar-refractivity contribution in [1.29, 1.82) is 0 Å². The maximum Gasteiger partial charge on any atom is 0.404 e. The van der Waals surface area contributed by atoms with Crippen LogP contribution < -0.4 is 21.7 Å². The zero-order valence-electron chi connectivity index (χ0n) is 17.2. The van der Waals surface area contributed by atoms with Crippen molar-refractivity contribution in [1.82, 2.24) is 15.3 Å². The van der Waals surface area contributed by atoms with Crippen LogP contribution in [0.15, 0.2) is 36.5 Å². The molecule has 1 saturated carbocycles. The Morgan fingerprint density at radius 2 is 2.06 bits per heavy atom. The highest BCUT2D eigenvalue weighted by atomic mass is 35.5. The Morgan fingerprint density at radius 3 is 2.91 bits per heavy atom. The quantitative estimate of drug-likeness (QED) is 0.511. The minimum Gasteiger partial charge on any atom is -0.444 e. The number of halogens is 1. The molecule has 1 fully saturated rings. The molecule has 2 aliphatic carbocycles. The van der Waals surface area contributed by atoms with Gasteiger partial charge in [-0.1, -0.05) is 29.8 Å². The van der Waals surface area contributed by atoms with Crippen LogP contribution in [0.4, 0.5) is 22.2 Å². The van der Waals surface area contributed by atoms with Gasteiger partial charge in [0.05, 0.1) is 12.2 Å². The molecule has 4 atom stereocenters. The number of hydrogen-bond acceptors (Lipinski definition) is 7. The fraction of sp³-hybridized carbons (Fsp3) is 0.364. The summed E-state index contributed by atoms with van der Waals surface area (Å²) in [7, 11) is 0. The third-order valence-corrected chi connectivity index (χ3v) is 6.52. The number of nitrogens with zero attached hydrogens (tertiary/aromatic N) is 2. The van der Waals surface area contributed by atoms with E-state index in [0.717, 1.165) is 29.7 Å². The Morgan fingerprint density at radius 1 is 1.22 bits per heavy atom. The second kappa shape index (κ2) is 8.31. The Balaban J connectivity index is 1.34. The lowest BCUT2D eigenvalue weighted by Crippen LogP contribution is -2.41. The second-order valence-electron chi connectivity index (χ2n) is 8.30. The second-order valence-corrected chi connectivity index (χ2v) is 8.70. The summed E-state index contributed by atoms with van der Waals surface area (Å²) in [6, 6.07) is 5.77. The first-order valence-corrected chi connectivity index (χ1v) is 10.9. The molecule has 2 amide bonds. The third-order valence-electron chi connectivity index (χ3n) is 6.25. The van der Waals surface area contributed by atoms with E-state index in [0.29, 0.717) is 29.8 Å². The number of carbonyl (C=O) groups is 2. The summed E-state index contributed by atoms with van der Waals surface area (Å²) in [5.74, 6) is 1.21. The van der Waals surface area contributed by atoms with Crippen LogP contribution in [0.3, 0.4) is 0 Å². The van der Waals surface area contributed by atoms with Crippen LogP contribution in [0.2, 0.25) is 5.02 Å². The van der Waals surface area contributed by atoms with Gasteiger partial charge in [0.1, 0.15) is 11.1 Å². The zero-order valence-corrected chi connectivity index (χ0v) is 17.9. The van der Waals surface area contributed by atoms with Crippen molar-refractivity contribution in [2.45, 2.75) is 38.0 Å². The van der Waals surface area contributed by atoms with E-state index in [1.807, 2.05) is 18.2 Å². The van der Waals surface area contributed by atoms with Gasteiger partial charge >= 0.3 is 6.09 Å². The van der Waals surface area contributed by atoms with Gasteiger partial charge in [0.15, 0.2) is 5.82 Å². The number of nitrogens with one attached hydrogen (secondary N) is 3. The summed E-state index contributed by atoms with van der Waals surface area (Å²) >= 11 is 6.35. The van der Waals surface area contributed by atoms with Crippen molar-refractivity contribution in [3.05, 3.63) is 52.7 Å². The van der Waals surface area contributed by atoms with Gasteiger partial charge in [-0.25, -0.2) is 9.78 Å². The van der Waals surface area contributed by atoms with E-state index >= 15 is 0 Å². The maximum atomic E-state index is 11.7. The molecule has 166 valence electrons. The van der Waals surface area contributed by atoms with Crippen molar-refractivity contribution < 1.29 is 14.3 Å². The normalized spacial score (nSPS) is 25.6. The summed E-state index contributed by atoms with van der Waals surface area (Å²) in [4.78, 5) is 31.8. The molecule has 2 aromatic rings. The van der Waals surface area contributed by atoms with E-state index in [1.54, 1.807) is 0 Å². The van der Waals surface area contributed by atoms with Crippen LogP contribution in [0, 0.1) is 11.8 Å². The summed E-state index contributed by atoms with van der Waals surface area (Å²) in [5.41, 5.74) is 8.29. The van der Waals surface area contributed by atoms with E-state index in [9.17, 15) is 9.59 Å². The number of hydrogen-bond donors (Lipinski definition) is 4. The van der Waals surface area contributed by atoms with Gasteiger partial charge in [-0.05, 0) is 36.1 Å². The standard InChI is InChI=1S/C22H23ClN6O3/c23-16-10-26-22(27-15-5-3-11-4-6-17(30)25-9-14(11)8-15)29-20(16)28-18-12-1-2-13(7-12)19(18)32-21(24)31/h1-3,5,8,10,12-13,18-19H,4,6-7,9H2,(H2,24,31)(H,25,30)(H2,26,27,28,29)/t12-,13+,18+,19-/m1/s1. The number of ether oxygens (including phenoxy) is 1. The lowest BCUT2D eigenvalue weighted by Gasteiger charge is -2.28. The van der Waals surface area contributed by atoms with Crippen molar-refractivity contribution in [3.63, 3.8) is 0 Å². The van der Waals surface area contributed by atoms with Crippen LogP contribution >= 0.6 is 11.6 Å². The van der Waals surface area contributed by atoms with E-state index in [1.165, 1.54) is 6.20 Å². The number of carbonyl (C=O) groups excluding carboxylic acids is 2. The molecule has 0 spiro atoms. The highest BCUT2D eigenvalue weighted by Crippen LogP contribution is 2.43. The number of aryl methyl sites for hydroxylation is 1. The third kappa shape index (κ3) is 4.08. The van der Waals surface area contributed by atoms with E-state index < -0.39 is 6.09 Å². The molecule has 0 saturated heterocycles.